The summed E-state index contributed by atoms with van der Waals surface area (Å²) in [6.45, 7) is 3.07. The lowest BCUT2D eigenvalue weighted by atomic mass is 10.1. The number of amides is 1. The van der Waals surface area contributed by atoms with Crippen molar-refractivity contribution in [1.82, 2.24) is 4.90 Å². The number of halogens is 2. The molecular weight excluding hydrogens is 481 g/mol. The van der Waals surface area contributed by atoms with Gasteiger partial charge in [0.25, 0.3) is 0 Å². The summed E-state index contributed by atoms with van der Waals surface area (Å²) in [7, 11) is 0. The van der Waals surface area contributed by atoms with Gasteiger partial charge in [0.15, 0.2) is 5.96 Å². The Kier molecular flexibility index (Phi) is 8.50. The highest BCUT2D eigenvalue weighted by molar-refractivity contribution is 6.38. The number of carbonyl (C=O) groups excluding carboxylic acids is 1. The third-order valence-corrected chi connectivity index (χ3v) is 6.61. The van der Waals surface area contributed by atoms with Gasteiger partial charge in [-0.1, -0.05) is 59.6 Å². The van der Waals surface area contributed by atoms with Crippen LogP contribution in [-0.2, 0) is 11.2 Å². The van der Waals surface area contributed by atoms with Crippen molar-refractivity contribution in [1.29, 1.82) is 0 Å². The standard InChI is InChI=1S/C27H29Cl2N5O/c28-23-9-5-10-24(29)26(23)32-27(30)34-18-16-33(17-19-34)22-14-12-21(13-15-22)31-25(35)11-4-8-20-6-2-1-3-7-20/h1-3,5-7,9-10,12-15H,4,8,11,16-19H2,(H2,30,32)(H,31,35). The van der Waals surface area contributed by atoms with Gasteiger partial charge in [0, 0.05) is 44.0 Å². The lowest BCUT2D eigenvalue weighted by Gasteiger charge is -2.36. The maximum atomic E-state index is 12.3. The summed E-state index contributed by atoms with van der Waals surface area (Å²) >= 11 is 12.4. The fourth-order valence-corrected chi connectivity index (χ4v) is 4.53. The fourth-order valence-electron chi connectivity index (χ4n) is 4.05. The number of anilines is 2. The van der Waals surface area contributed by atoms with E-state index in [1.165, 1.54) is 5.56 Å². The van der Waals surface area contributed by atoms with Gasteiger partial charge in [-0.15, -0.1) is 0 Å². The molecule has 3 N–H and O–H groups in total. The fraction of sp³-hybridized carbons (Fsp3) is 0.259. The first-order valence-corrected chi connectivity index (χ1v) is 12.5. The van der Waals surface area contributed by atoms with Gasteiger partial charge < -0.3 is 20.9 Å². The minimum absolute atomic E-state index is 0.0377. The Balaban J connectivity index is 1.25. The van der Waals surface area contributed by atoms with Crippen LogP contribution >= 0.6 is 23.2 Å². The lowest BCUT2D eigenvalue weighted by Crippen LogP contribution is -2.51. The van der Waals surface area contributed by atoms with Gasteiger partial charge in [0.1, 0.15) is 5.69 Å². The van der Waals surface area contributed by atoms with E-state index in [1.54, 1.807) is 18.2 Å². The minimum atomic E-state index is 0.0377. The van der Waals surface area contributed by atoms with E-state index in [0.717, 1.165) is 50.4 Å². The SMILES string of the molecule is NC(=Nc1c(Cl)cccc1Cl)N1CCN(c2ccc(NC(=O)CCCc3ccccc3)cc2)CC1. The number of aliphatic imine (C=N–C) groups is 1. The van der Waals surface area contributed by atoms with Crippen molar-refractivity contribution in [2.75, 3.05) is 36.4 Å². The number of aryl methyl sites for hydroxylation is 1. The van der Waals surface area contributed by atoms with Crippen LogP contribution in [0.4, 0.5) is 17.1 Å². The molecule has 4 rings (SSSR count). The first-order valence-electron chi connectivity index (χ1n) is 11.7. The summed E-state index contributed by atoms with van der Waals surface area (Å²) in [5.74, 6) is 0.445. The number of piperazine rings is 1. The van der Waals surface area contributed by atoms with Crippen LogP contribution in [0.3, 0.4) is 0 Å². The summed E-state index contributed by atoms with van der Waals surface area (Å²) in [5, 5.41) is 3.94. The Morgan fingerprint density at radius 3 is 2.20 bits per heavy atom. The molecule has 0 radical (unpaired) electrons. The molecule has 1 fully saturated rings. The molecule has 1 aliphatic heterocycles. The van der Waals surface area contributed by atoms with Crippen LogP contribution in [0.2, 0.25) is 10.0 Å². The van der Waals surface area contributed by atoms with Gasteiger partial charge in [-0.3, -0.25) is 4.79 Å². The monoisotopic (exact) mass is 509 g/mol. The van der Waals surface area contributed by atoms with Crippen LogP contribution in [0.25, 0.3) is 0 Å². The molecule has 6 nitrogen and oxygen atoms in total. The third-order valence-electron chi connectivity index (χ3n) is 6.00. The maximum absolute atomic E-state index is 12.3. The summed E-state index contributed by atoms with van der Waals surface area (Å²) in [4.78, 5) is 21.1. The zero-order valence-electron chi connectivity index (χ0n) is 19.5. The third kappa shape index (κ3) is 6.90. The number of guanidine groups is 1. The second-order valence-corrected chi connectivity index (χ2v) is 9.26. The van der Waals surface area contributed by atoms with E-state index in [1.807, 2.05) is 47.4 Å². The predicted molar refractivity (Wildman–Crippen MR) is 146 cm³/mol. The molecule has 8 heteroatoms. The number of hydrogen-bond donors (Lipinski definition) is 2. The summed E-state index contributed by atoms with van der Waals surface area (Å²) in [6.07, 6.45) is 2.23. The van der Waals surface area contributed by atoms with Gasteiger partial charge in [-0.05, 0) is 54.8 Å². The van der Waals surface area contributed by atoms with E-state index >= 15 is 0 Å². The molecule has 1 saturated heterocycles. The Labute approximate surface area is 216 Å². The molecule has 182 valence electrons. The van der Waals surface area contributed by atoms with Crippen LogP contribution in [-0.4, -0.2) is 42.9 Å². The van der Waals surface area contributed by atoms with E-state index in [9.17, 15) is 4.79 Å². The van der Waals surface area contributed by atoms with E-state index in [4.69, 9.17) is 28.9 Å². The van der Waals surface area contributed by atoms with E-state index in [2.05, 4.69) is 27.3 Å². The molecule has 1 amide bonds. The lowest BCUT2D eigenvalue weighted by molar-refractivity contribution is -0.116. The second kappa shape index (κ2) is 12.0. The second-order valence-electron chi connectivity index (χ2n) is 8.45. The normalized spacial score (nSPS) is 14.2. The highest BCUT2D eigenvalue weighted by atomic mass is 35.5. The van der Waals surface area contributed by atoms with Crippen LogP contribution < -0.4 is 16.0 Å². The maximum Gasteiger partial charge on any atom is 0.224 e. The zero-order chi connectivity index (χ0) is 24.6. The quantitative estimate of drug-likeness (QED) is 0.315. The number of para-hydroxylation sites is 1. The number of benzene rings is 3. The van der Waals surface area contributed by atoms with Crippen molar-refractivity contribution in [3.63, 3.8) is 0 Å². The molecule has 0 atom stereocenters. The van der Waals surface area contributed by atoms with Crippen molar-refractivity contribution in [2.45, 2.75) is 19.3 Å². The Morgan fingerprint density at radius 1 is 0.886 bits per heavy atom. The Hall–Kier alpha value is -3.22. The van der Waals surface area contributed by atoms with Gasteiger partial charge in [-0.2, -0.15) is 0 Å². The topological polar surface area (TPSA) is 74.0 Å². The van der Waals surface area contributed by atoms with E-state index in [0.29, 0.717) is 28.1 Å². The first kappa shape index (κ1) is 24.9. The summed E-state index contributed by atoms with van der Waals surface area (Å²) in [5.41, 5.74) is 9.90. The number of nitrogens with one attached hydrogen (secondary N) is 1. The van der Waals surface area contributed by atoms with Crippen LogP contribution in [0.5, 0.6) is 0 Å². The molecule has 3 aromatic rings. The number of hydrogen-bond acceptors (Lipinski definition) is 3. The molecule has 3 aromatic carbocycles. The average molecular weight is 510 g/mol. The molecule has 1 aliphatic rings. The number of nitrogens with two attached hydrogens (primary N) is 1. The van der Waals surface area contributed by atoms with Crippen molar-refractivity contribution in [2.24, 2.45) is 10.7 Å². The van der Waals surface area contributed by atoms with Crippen molar-refractivity contribution in [3.8, 4) is 0 Å². The molecule has 0 unspecified atom stereocenters. The minimum Gasteiger partial charge on any atom is -0.369 e. The van der Waals surface area contributed by atoms with Crippen LogP contribution in [0, 0.1) is 0 Å². The van der Waals surface area contributed by atoms with Gasteiger partial charge in [0.2, 0.25) is 5.91 Å². The molecule has 0 bridgehead atoms. The highest BCUT2D eigenvalue weighted by Crippen LogP contribution is 2.32. The molecule has 35 heavy (non-hydrogen) atoms. The molecule has 1 heterocycles. The number of carbonyl (C=O) groups is 1. The smallest absolute Gasteiger partial charge is 0.224 e. The Bertz CT molecular complexity index is 1140. The first-order chi connectivity index (χ1) is 17.0. The molecule has 0 aromatic heterocycles. The average Bonchev–Trinajstić information content (AvgIpc) is 2.87. The molecular formula is C27H29Cl2N5O. The van der Waals surface area contributed by atoms with Gasteiger partial charge in [0.05, 0.1) is 10.0 Å². The molecule has 0 saturated carbocycles. The highest BCUT2D eigenvalue weighted by Gasteiger charge is 2.19. The van der Waals surface area contributed by atoms with E-state index in [-0.39, 0.29) is 5.91 Å². The largest absolute Gasteiger partial charge is 0.369 e. The molecule has 0 spiro atoms. The van der Waals surface area contributed by atoms with Crippen molar-refractivity contribution >= 4 is 52.1 Å². The van der Waals surface area contributed by atoms with Crippen LogP contribution in [0.1, 0.15) is 18.4 Å². The molecule has 0 aliphatic carbocycles. The Morgan fingerprint density at radius 2 is 1.54 bits per heavy atom. The van der Waals surface area contributed by atoms with Gasteiger partial charge >= 0.3 is 0 Å². The number of nitrogens with zero attached hydrogens (tertiary/aromatic N) is 3. The van der Waals surface area contributed by atoms with Crippen molar-refractivity contribution < 1.29 is 4.79 Å². The number of rotatable bonds is 7. The van der Waals surface area contributed by atoms with Gasteiger partial charge in [-0.25, -0.2) is 4.99 Å². The summed E-state index contributed by atoms with van der Waals surface area (Å²) < 4.78 is 0. The summed E-state index contributed by atoms with van der Waals surface area (Å²) in [6, 6.07) is 23.5. The van der Waals surface area contributed by atoms with Crippen molar-refractivity contribution in [3.05, 3.63) is 88.4 Å². The van der Waals surface area contributed by atoms with Crippen LogP contribution in [0.15, 0.2) is 77.8 Å². The predicted octanol–water partition coefficient (Wildman–Crippen LogP) is 5.72. The van der Waals surface area contributed by atoms with E-state index < -0.39 is 0 Å². The zero-order valence-corrected chi connectivity index (χ0v) is 21.0.